The second-order valence-electron chi connectivity index (χ2n) is 12.6. The number of aliphatic hydroxyl groups excluding tert-OH is 1. The highest BCUT2D eigenvalue weighted by Gasteiger charge is 2.34. The third-order valence-electron chi connectivity index (χ3n) is 8.23. The molecule has 2 aliphatic rings. The summed E-state index contributed by atoms with van der Waals surface area (Å²) < 4.78 is 81.3. The van der Waals surface area contributed by atoms with Crippen LogP contribution >= 0.6 is 0 Å². The van der Waals surface area contributed by atoms with Gasteiger partial charge in [-0.05, 0) is 48.6 Å². The van der Waals surface area contributed by atoms with Crippen LogP contribution < -0.4 is 10.1 Å². The number of aliphatic hydroxyl groups is 1. The predicted molar refractivity (Wildman–Crippen MR) is 173 cm³/mol. The summed E-state index contributed by atoms with van der Waals surface area (Å²) in [6, 6.07) is 11.8. The summed E-state index contributed by atoms with van der Waals surface area (Å²) in [4.78, 5) is 29.9. The lowest BCUT2D eigenvalue weighted by Gasteiger charge is -2.33. The third-order valence-corrected chi connectivity index (χ3v) is 10.1. The first kappa shape index (κ1) is 38.5. The van der Waals surface area contributed by atoms with Crippen LogP contribution in [-0.2, 0) is 35.5 Å². The molecule has 0 spiro atoms. The molecule has 49 heavy (non-hydrogen) atoms. The van der Waals surface area contributed by atoms with Gasteiger partial charge >= 0.3 is 6.36 Å². The van der Waals surface area contributed by atoms with Crippen LogP contribution in [0, 0.1) is 5.92 Å². The Bertz CT molecular complexity index is 1450. The number of morpholine rings is 1. The standard InChI is InChI=1S/C33H45F3N4O8S/c1-24(2)19-40(49(44,45)28-10-8-27(9-11-28)48-33(34,35)36)20-30(41)29(18-25-6-4-3-5-7-25)37-31(42)21-39(26-12-15-47-23-26)22-32(43)38-13-16-46-17-14-38/h3-11,24,26,29-30,41H,12-23H2,1-2H3,(H,37,42)/t26-,29+,30-/m1/s1. The minimum Gasteiger partial charge on any atom is -0.406 e. The lowest BCUT2D eigenvalue weighted by atomic mass is 10.0. The summed E-state index contributed by atoms with van der Waals surface area (Å²) in [6.07, 6.45) is -5.51. The summed E-state index contributed by atoms with van der Waals surface area (Å²) in [7, 11) is -4.29. The Morgan fingerprint density at radius 2 is 1.67 bits per heavy atom. The van der Waals surface area contributed by atoms with Crippen molar-refractivity contribution in [2.75, 3.05) is 65.7 Å². The second-order valence-corrected chi connectivity index (χ2v) is 14.5. The van der Waals surface area contributed by atoms with Crippen molar-refractivity contribution in [1.29, 1.82) is 0 Å². The number of rotatable bonds is 16. The predicted octanol–water partition coefficient (Wildman–Crippen LogP) is 2.27. The molecular weight excluding hydrogens is 669 g/mol. The Balaban J connectivity index is 1.52. The van der Waals surface area contributed by atoms with Gasteiger partial charge in [-0.3, -0.25) is 14.5 Å². The molecule has 0 aliphatic carbocycles. The Morgan fingerprint density at radius 3 is 2.27 bits per heavy atom. The molecule has 0 unspecified atom stereocenters. The zero-order chi connectivity index (χ0) is 35.6. The molecule has 2 aromatic carbocycles. The fourth-order valence-electron chi connectivity index (χ4n) is 5.78. The molecule has 3 atom stereocenters. The number of carbonyl (C=O) groups is 2. The topological polar surface area (TPSA) is 138 Å². The van der Waals surface area contributed by atoms with E-state index in [0.717, 1.165) is 34.1 Å². The molecule has 0 aromatic heterocycles. The Hall–Kier alpha value is -3.28. The molecule has 4 rings (SSSR count). The summed E-state index contributed by atoms with van der Waals surface area (Å²) in [6.45, 7) is 5.70. The van der Waals surface area contributed by atoms with E-state index >= 15 is 0 Å². The summed E-state index contributed by atoms with van der Waals surface area (Å²) >= 11 is 0. The highest BCUT2D eigenvalue weighted by molar-refractivity contribution is 7.89. The average Bonchev–Trinajstić information content (AvgIpc) is 3.59. The van der Waals surface area contributed by atoms with Crippen molar-refractivity contribution in [3.8, 4) is 5.75 Å². The number of alkyl halides is 3. The first-order chi connectivity index (χ1) is 23.2. The maximum absolute atomic E-state index is 13.7. The molecule has 0 radical (unpaired) electrons. The quantitative estimate of drug-likeness (QED) is 0.268. The molecule has 2 N–H and O–H groups in total. The monoisotopic (exact) mass is 714 g/mol. The van der Waals surface area contributed by atoms with E-state index in [1.807, 2.05) is 18.2 Å². The fraction of sp³-hybridized carbons (Fsp3) is 0.576. The minimum atomic E-state index is -4.94. The number of hydrogen-bond acceptors (Lipinski definition) is 9. The molecule has 2 fully saturated rings. The van der Waals surface area contributed by atoms with Crippen molar-refractivity contribution in [3.05, 3.63) is 60.2 Å². The second kappa shape index (κ2) is 17.6. The fourth-order valence-corrected chi connectivity index (χ4v) is 7.40. The molecule has 2 aromatic rings. The van der Waals surface area contributed by atoms with E-state index in [0.29, 0.717) is 45.9 Å². The van der Waals surface area contributed by atoms with Gasteiger partial charge in [0.05, 0.1) is 50.0 Å². The van der Waals surface area contributed by atoms with Crippen LogP contribution in [0.2, 0.25) is 0 Å². The number of halogens is 3. The van der Waals surface area contributed by atoms with Gasteiger partial charge < -0.3 is 29.5 Å². The molecule has 2 heterocycles. The number of nitrogens with zero attached hydrogens (tertiary/aromatic N) is 3. The van der Waals surface area contributed by atoms with Gasteiger partial charge in [-0.15, -0.1) is 13.2 Å². The zero-order valence-corrected chi connectivity index (χ0v) is 28.5. The van der Waals surface area contributed by atoms with Crippen molar-refractivity contribution in [2.24, 2.45) is 5.92 Å². The van der Waals surface area contributed by atoms with E-state index in [-0.39, 0.29) is 48.8 Å². The zero-order valence-electron chi connectivity index (χ0n) is 27.7. The van der Waals surface area contributed by atoms with Crippen molar-refractivity contribution >= 4 is 21.8 Å². The number of ether oxygens (including phenoxy) is 3. The highest BCUT2D eigenvalue weighted by Crippen LogP contribution is 2.26. The summed E-state index contributed by atoms with van der Waals surface area (Å²) in [5, 5.41) is 14.5. The van der Waals surface area contributed by atoms with E-state index in [1.54, 1.807) is 35.8 Å². The maximum atomic E-state index is 13.7. The van der Waals surface area contributed by atoms with Crippen LogP contribution in [-0.4, -0.2) is 130 Å². The smallest absolute Gasteiger partial charge is 0.406 e. The minimum absolute atomic E-state index is 0.000558. The largest absolute Gasteiger partial charge is 0.573 e. The van der Waals surface area contributed by atoms with Crippen LogP contribution in [0.15, 0.2) is 59.5 Å². The molecule has 272 valence electrons. The van der Waals surface area contributed by atoms with Crippen molar-refractivity contribution in [2.45, 2.75) is 56.1 Å². The van der Waals surface area contributed by atoms with Crippen LogP contribution in [0.4, 0.5) is 13.2 Å². The number of carbonyl (C=O) groups excluding carboxylic acids is 2. The molecule has 2 saturated heterocycles. The molecule has 0 saturated carbocycles. The Kier molecular flexibility index (Phi) is 13.8. The van der Waals surface area contributed by atoms with Gasteiger partial charge in [0.2, 0.25) is 21.8 Å². The first-order valence-corrected chi connectivity index (χ1v) is 17.7. The molecule has 0 bridgehead atoms. The molecule has 2 aliphatic heterocycles. The van der Waals surface area contributed by atoms with Crippen LogP contribution in [0.3, 0.4) is 0 Å². The molecule has 12 nitrogen and oxygen atoms in total. The van der Waals surface area contributed by atoms with Crippen molar-refractivity contribution in [3.63, 3.8) is 0 Å². The van der Waals surface area contributed by atoms with E-state index in [4.69, 9.17) is 9.47 Å². The van der Waals surface area contributed by atoms with E-state index < -0.39 is 46.7 Å². The van der Waals surface area contributed by atoms with E-state index in [9.17, 15) is 36.3 Å². The molecular formula is C33H45F3N4O8S. The van der Waals surface area contributed by atoms with Gasteiger partial charge in [-0.2, -0.15) is 4.31 Å². The van der Waals surface area contributed by atoms with Gasteiger partial charge in [0.15, 0.2) is 0 Å². The Morgan fingerprint density at radius 1 is 1.00 bits per heavy atom. The maximum Gasteiger partial charge on any atom is 0.573 e. The lowest BCUT2D eigenvalue weighted by Crippen LogP contribution is -2.55. The Labute approximate surface area is 285 Å². The average molecular weight is 715 g/mol. The van der Waals surface area contributed by atoms with Gasteiger partial charge in [0.1, 0.15) is 5.75 Å². The highest BCUT2D eigenvalue weighted by atomic mass is 32.2. The normalized spacial score (nSPS) is 18.6. The number of nitrogens with one attached hydrogen (secondary N) is 1. The summed E-state index contributed by atoms with van der Waals surface area (Å²) in [5.41, 5.74) is 0.786. The van der Waals surface area contributed by atoms with Crippen LogP contribution in [0.5, 0.6) is 5.75 Å². The van der Waals surface area contributed by atoms with Gasteiger partial charge in [-0.25, -0.2) is 8.42 Å². The molecule has 16 heteroatoms. The van der Waals surface area contributed by atoms with Gasteiger partial charge in [-0.1, -0.05) is 44.2 Å². The van der Waals surface area contributed by atoms with Crippen molar-refractivity contribution < 1.29 is 50.5 Å². The van der Waals surface area contributed by atoms with Gasteiger partial charge in [0, 0.05) is 38.8 Å². The number of hydrogen-bond donors (Lipinski definition) is 2. The molecule has 2 amide bonds. The summed E-state index contributed by atoms with van der Waals surface area (Å²) in [5.74, 6) is -1.34. The van der Waals surface area contributed by atoms with Crippen LogP contribution in [0.1, 0.15) is 25.8 Å². The lowest BCUT2D eigenvalue weighted by molar-refractivity contribution is -0.274. The third kappa shape index (κ3) is 11.9. The first-order valence-electron chi connectivity index (χ1n) is 16.3. The van der Waals surface area contributed by atoms with Crippen molar-refractivity contribution in [1.82, 2.24) is 19.4 Å². The number of sulfonamides is 1. The SMILES string of the molecule is CC(C)CN(C[C@@H](O)[C@H](Cc1ccccc1)NC(=O)CN(CC(=O)N1CCOCC1)[C@@H]1CCOC1)S(=O)(=O)c1ccc(OC(F)(F)F)cc1. The van der Waals surface area contributed by atoms with Crippen LogP contribution in [0.25, 0.3) is 0 Å². The van der Waals surface area contributed by atoms with E-state index in [2.05, 4.69) is 10.1 Å². The number of amides is 2. The van der Waals surface area contributed by atoms with E-state index in [1.165, 1.54) is 0 Å². The van der Waals surface area contributed by atoms with Gasteiger partial charge in [0.25, 0.3) is 0 Å². The number of benzene rings is 2.